The summed E-state index contributed by atoms with van der Waals surface area (Å²) in [5, 5.41) is 6.09. The van der Waals surface area contributed by atoms with E-state index in [4.69, 9.17) is 4.74 Å². The molecule has 2 N–H and O–H groups in total. The molecule has 20 heavy (non-hydrogen) atoms. The van der Waals surface area contributed by atoms with Crippen LogP contribution < -0.4 is 15.4 Å². The number of rotatable bonds is 9. The number of nitrogens with one attached hydrogen (secondary N) is 2. The third-order valence-corrected chi connectivity index (χ3v) is 3.82. The Morgan fingerprint density at radius 1 is 1.40 bits per heavy atom. The van der Waals surface area contributed by atoms with E-state index in [1.807, 2.05) is 36.0 Å². The first-order valence-electron chi connectivity index (χ1n) is 6.91. The van der Waals surface area contributed by atoms with Gasteiger partial charge in [0.05, 0.1) is 19.3 Å². The van der Waals surface area contributed by atoms with Crippen LogP contribution in [-0.2, 0) is 4.79 Å². The van der Waals surface area contributed by atoms with E-state index in [1.165, 1.54) is 0 Å². The van der Waals surface area contributed by atoms with Gasteiger partial charge in [0.2, 0.25) is 5.91 Å². The second-order valence-electron chi connectivity index (χ2n) is 4.52. The Labute approximate surface area is 125 Å². The Kier molecular flexibility index (Phi) is 8.14. The van der Waals surface area contributed by atoms with Crippen LogP contribution >= 0.6 is 11.8 Å². The highest BCUT2D eigenvalue weighted by Gasteiger charge is 2.08. The minimum absolute atomic E-state index is 0.0514. The van der Waals surface area contributed by atoms with Crippen molar-refractivity contribution < 1.29 is 9.53 Å². The van der Waals surface area contributed by atoms with E-state index < -0.39 is 0 Å². The lowest BCUT2D eigenvalue weighted by Gasteiger charge is -2.14. The lowest BCUT2D eigenvalue weighted by atomic mass is 10.2. The van der Waals surface area contributed by atoms with Crippen molar-refractivity contribution in [1.29, 1.82) is 0 Å². The third kappa shape index (κ3) is 6.30. The number of methoxy groups -OCH3 is 1. The van der Waals surface area contributed by atoms with Gasteiger partial charge in [0.25, 0.3) is 0 Å². The molecule has 0 bridgehead atoms. The van der Waals surface area contributed by atoms with Crippen molar-refractivity contribution in [2.24, 2.45) is 0 Å². The molecule has 0 radical (unpaired) electrons. The van der Waals surface area contributed by atoms with Crippen molar-refractivity contribution in [3.05, 3.63) is 24.3 Å². The zero-order valence-electron chi connectivity index (χ0n) is 12.4. The first kappa shape index (κ1) is 16.9. The second kappa shape index (κ2) is 9.66. The largest absolute Gasteiger partial charge is 0.495 e. The summed E-state index contributed by atoms with van der Waals surface area (Å²) in [6.07, 6.45) is 1.07. The van der Waals surface area contributed by atoms with Gasteiger partial charge < -0.3 is 15.4 Å². The number of carbonyl (C=O) groups is 1. The monoisotopic (exact) mass is 296 g/mol. The fraction of sp³-hybridized carbons (Fsp3) is 0.533. The molecule has 0 aromatic heterocycles. The Bertz CT molecular complexity index is 413. The fourth-order valence-electron chi connectivity index (χ4n) is 1.72. The fourth-order valence-corrected chi connectivity index (χ4v) is 2.52. The highest BCUT2D eigenvalue weighted by atomic mass is 32.2. The van der Waals surface area contributed by atoms with Gasteiger partial charge >= 0.3 is 0 Å². The average Bonchev–Trinajstić information content (AvgIpc) is 2.46. The molecule has 0 saturated heterocycles. The number of amides is 1. The first-order valence-corrected chi connectivity index (χ1v) is 8.06. The maximum absolute atomic E-state index is 11.9. The van der Waals surface area contributed by atoms with E-state index in [-0.39, 0.29) is 5.91 Å². The van der Waals surface area contributed by atoms with Crippen molar-refractivity contribution >= 4 is 23.4 Å². The van der Waals surface area contributed by atoms with Crippen molar-refractivity contribution in [2.45, 2.75) is 26.3 Å². The van der Waals surface area contributed by atoms with E-state index in [0.29, 0.717) is 24.0 Å². The molecule has 4 nitrogen and oxygen atoms in total. The maximum Gasteiger partial charge on any atom is 0.238 e. The van der Waals surface area contributed by atoms with E-state index in [9.17, 15) is 4.79 Å². The van der Waals surface area contributed by atoms with Crippen molar-refractivity contribution in [3.8, 4) is 5.75 Å². The Hall–Kier alpha value is -1.20. The minimum Gasteiger partial charge on any atom is -0.495 e. The van der Waals surface area contributed by atoms with Gasteiger partial charge in [0.1, 0.15) is 5.75 Å². The lowest BCUT2D eigenvalue weighted by molar-refractivity contribution is -0.115. The van der Waals surface area contributed by atoms with Crippen molar-refractivity contribution in [2.75, 3.05) is 30.5 Å². The van der Waals surface area contributed by atoms with E-state index in [0.717, 1.165) is 17.9 Å². The van der Waals surface area contributed by atoms with Gasteiger partial charge in [-0.3, -0.25) is 4.79 Å². The first-order chi connectivity index (χ1) is 9.67. The summed E-state index contributed by atoms with van der Waals surface area (Å²) in [6, 6.07) is 7.75. The van der Waals surface area contributed by atoms with Crippen LogP contribution in [0.25, 0.3) is 0 Å². The number of thioether (sulfide) groups is 1. The molecular formula is C15H24N2O2S. The number of hydrogen-bond acceptors (Lipinski definition) is 4. The Morgan fingerprint density at radius 3 is 2.85 bits per heavy atom. The predicted molar refractivity (Wildman–Crippen MR) is 86.7 cm³/mol. The van der Waals surface area contributed by atoms with Crippen LogP contribution in [0.15, 0.2) is 24.3 Å². The maximum atomic E-state index is 11.9. The summed E-state index contributed by atoms with van der Waals surface area (Å²) in [6.45, 7) is 4.58. The standard InChI is InChI=1S/C15H24N2O2S/c1-4-20-10-9-12(2)16-11-15(18)17-13-7-5-6-8-14(13)19-3/h5-8,12,16H,4,9-11H2,1-3H3,(H,17,18). The molecule has 0 spiro atoms. The van der Waals surface area contributed by atoms with Gasteiger partial charge in [-0.05, 0) is 37.0 Å². The van der Waals surface area contributed by atoms with Crippen LogP contribution in [0.5, 0.6) is 5.75 Å². The molecule has 1 unspecified atom stereocenters. The summed E-state index contributed by atoms with van der Waals surface area (Å²) < 4.78 is 5.20. The summed E-state index contributed by atoms with van der Waals surface area (Å²) in [5.41, 5.74) is 0.705. The molecule has 0 aliphatic rings. The van der Waals surface area contributed by atoms with Gasteiger partial charge in [-0.15, -0.1) is 0 Å². The smallest absolute Gasteiger partial charge is 0.238 e. The van der Waals surface area contributed by atoms with Crippen molar-refractivity contribution in [1.82, 2.24) is 5.32 Å². The number of para-hydroxylation sites is 2. The molecule has 0 saturated carbocycles. The number of ether oxygens (including phenoxy) is 1. The minimum atomic E-state index is -0.0514. The summed E-state index contributed by atoms with van der Waals surface area (Å²) >= 11 is 1.92. The Balaban J connectivity index is 2.33. The number of benzene rings is 1. The van der Waals surface area contributed by atoms with Gasteiger partial charge in [0.15, 0.2) is 0 Å². The molecule has 0 heterocycles. The van der Waals surface area contributed by atoms with Crippen LogP contribution in [0.3, 0.4) is 0 Å². The van der Waals surface area contributed by atoms with Crippen molar-refractivity contribution in [3.63, 3.8) is 0 Å². The molecule has 0 aliphatic heterocycles. The molecule has 1 rings (SSSR count). The Morgan fingerprint density at radius 2 is 2.15 bits per heavy atom. The van der Waals surface area contributed by atoms with E-state index in [1.54, 1.807) is 7.11 Å². The zero-order valence-corrected chi connectivity index (χ0v) is 13.3. The molecule has 1 aromatic carbocycles. The molecular weight excluding hydrogens is 272 g/mol. The number of carbonyl (C=O) groups excluding carboxylic acids is 1. The van der Waals surface area contributed by atoms with Crippen LogP contribution in [0.1, 0.15) is 20.3 Å². The summed E-state index contributed by atoms with van der Waals surface area (Å²) in [5.74, 6) is 2.89. The van der Waals surface area contributed by atoms with Crippen LogP contribution in [0, 0.1) is 0 Å². The van der Waals surface area contributed by atoms with Crippen LogP contribution in [0.4, 0.5) is 5.69 Å². The molecule has 0 aliphatic carbocycles. The van der Waals surface area contributed by atoms with Crippen LogP contribution in [-0.4, -0.2) is 37.1 Å². The lowest BCUT2D eigenvalue weighted by Crippen LogP contribution is -2.34. The summed E-state index contributed by atoms with van der Waals surface area (Å²) in [7, 11) is 1.59. The van der Waals surface area contributed by atoms with Crippen LogP contribution in [0.2, 0.25) is 0 Å². The second-order valence-corrected chi connectivity index (χ2v) is 5.91. The SMILES string of the molecule is CCSCCC(C)NCC(=O)Nc1ccccc1OC. The number of anilines is 1. The van der Waals surface area contributed by atoms with Gasteiger partial charge in [0, 0.05) is 6.04 Å². The summed E-state index contributed by atoms with van der Waals surface area (Å²) in [4.78, 5) is 11.9. The third-order valence-electron chi connectivity index (χ3n) is 2.89. The molecule has 112 valence electrons. The number of hydrogen-bond donors (Lipinski definition) is 2. The molecule has 0 fully saturated rings. The zero-order chi connectivity index (χ0) is 14.8. The molecule has 1 aromatic rings. The topological polar surface area (TPSA) is 50.4 Å². The molecule has 5 heteroatoms. The predicted octanol–water partition coefficient (Wildman–Crippen LogP) is 2.76. The highest BCUT2D eigenvalue weighted by Crippen LogP contribution is 2.22. The normalized spacial score (nSPS) is 11.9. The highest BCUT2D eigenvalue weighted by molar-refractivity contribution is 7.99. The molecule has 1 amide bonds. The van der Waals surface area contributed by atoms with E-state index >= 15 is 0 Å². The quantitative estimate of drug-likeness (QED) is 0.688. The van der Waals surface area contributed by atoms with Gasteiger partial charge in [-0.2, -0.15) is 11.8 Å². The van der Waals surface area contributed by atoms with Gasteiger partial charge in [-0.25, -0.2) is 0 Å². The average molecular weight is 296 g/mol. The van der Waals surface area contributed by atoms with Gasteiger partial charge in [-0.1, -0.05) is 19.1 Å². The van der Waals surface area contributed by atoms with E-state index in [2.05, 4.69) is 24.5 Å². The molecule has 1 atom stereocenters.